The molecule has 12 heavy (non-hydrogen) atoms. The van der Waals surface area contributed by atoms with Crippen LogP contribution in [-0.2, 0) is 11.8 Å². The Balaban J connectivity index is 2.94. The van der Waals surface area contributed by atoms with Crippen LogP contribution in [0, 0.1) is 0 Å². The summed E-state index contributed by atoms with van der Waals surface area (Å²) in [6.45, 7) is 3.61. The molecule has 1 aromatic heterocycles. The number of aryl methyl sites for hydroxylation is 1. The zero-order valence-corrected chi connectivity index (χ0v) is 7.74. The summed E-state index contributed by atoms with van der Waals surface area (Å²) < 4.78 is 1.90. The number of hydrogen-bond donors (Lipinski definition) is 0. The summed E-state index contributed by atoms with van der Waals surface area (Å²) in [4.78, 5) is 15.3. The van der Waals surface area contributed by atoms with E-state index in [4.69, 9.17) is 0 Å². The second-order valence-corrected chi connectivity index (χ2v) is 2.97. The van der Waals surface area contributed by atoms with Gasteiger partial charge in [-0.2, -0.15) is 0 Å². The van der Waals surface area contributed by atoms with Crippen molar-refractivity contribution in [3.63, 3.8) is 0 Å². The molecule has 0 aromatic carbocycles. The van der Waals surface area contributed by atoms with E-state index in [1.54, 1.807) is 13.1 Å². The Morgan fingerprint density at radius 1 is 1.75 bits per heavy atom. The van der Waals surface area contributed by atoms with E-state index in [0.717, 1.165) is 12.2 Å². The van der Waals surface area contributed by atoms with Crippen molar-refractivity contribution in [2.75, 3.05) is 0 Å². The average molecular weight is 166 g/mol. The fourth-order valence-electron chi connectivity index (χ4n) is 1.36. The molecule has 1 heterocycles. The lowest BCUT2D eigenvalue weighted by Crippen LogP contribution is -2.12. The molecule has 1 unspecified atom stereocenters. The zero-order valence-electron chi connectivity index (χ0n) is 7.74. The lowest BCUT2D eigenvalue weighted by molar-refractivity contribution is -0.118. The molecular weight excluding hydrogens is 152 g/mol. The van der Waals surface area contributed by atoms with E-state index >= 15 is 0 Å². The molecule has 1 atom stereocenters. The van der Waals surface area contributed by atoms with Crippen LogP contribution in [0.25, 0.3) is 0 Å². The maximum Gasteiger partial charge on any atom is 0.140 e. The van der Waals surface area contributed by atoms with Crippen molar-refractivity contribution >= 4 is 5.78 Å². The van der Waals surface area contributed by atoms with Crippen LogP contribution >= 0.6 is 0 Å². The van der Waals surface area contributed by atoms with E-state index in [2.05, 4.69) is 4.98 Å². The number of hydrogen-bond acceptors (Lipinski definition) is 2. The summed E-state index contributed by atoms with van der Waals surface area (Å²) >= 11 is 0. The van der Waals surface area contributed by atoms with Crippen LogP contribution in [0.3, 0.4) is 0 Å². The molecule has 0 fully saturated rings. The number of aromatic nitrogens is 2. The first-order chi connectivity index (χ1) is 5.66. The smallest absolute Gasteiger partial charge is 0.140 e. The van der Waals surface area contributed by atoms with E-state index in [1.807, 2.05) is 24.7 Å². The van der Waals surface area contributed by atoms with Gasteiger partial charge in [-0.1, -0.05) is 6.92 Å². The Morgan fingerprint density at radius 3 is 2.75 bits per heavy atom. The molecule has 0 N–H and O–H groups in total. The number of carbonyl (C=O) groups is 1. The standard InChI is InChI=1S/C9H14N2O/c1-4-8(7(2)12)9-10-5-6-11(9)3/h5-6,8H,4H2,1-3H3. The van der Waals surface area contributed by atoms with Crippen LogP contribution in [0.5, 0.6) is 0 Å². The maximum absolute atomic E-state index is 11.2. The summed E-state index contributed by atoms with van der Waals surface area (Å²) in [7, 11) is 1.91. The van der Waals surface area contributed by atoms with Gasteiger partial charge in [0, 0.05) is 19.4 Å². The molecule has 0 spiro atoms. The van der Waals surface area contributed by atoms with E-state index in [0.29, 0.717) is 0 Å². The first-order valence-electron chi connectivity index (χ1n) is 4.14. The van der Waals surface area contributed by atoms with E-state index in [1.165, 1.54) is 0 Å². The first-order valence-corrected chi connectivity index (χ1v) is 4.14. The van der Waals surface area contributed by atoms with Crippen molar-refractivity contribution < 1.29 is 4.79 Å². The monoisotopic (exact) mass is 166 g/mol. The van der Waals surface area contributed by atoms with Crippen LogP contribution in [-0.4, -0.2) is 15.3 Å². The molecule has 3 heteroatoms. The van der Waals surface area contributed by atoms with Gasteiger partial charge in [0.05, 0.1) is 5.92 Å². The SMILES string of the molecule is CCC(C(C)=O)c1nccn1C. The van der Waals surface area contributed by atoms with Crippen molar-refractivity contribution in [3.8, 4) is 0 Å². The molecule has 0 aliphatic heterocycles. The quantitative estimate of drug-likeness (QED) is 0.682. The van der Waals surface area contributed by atoms with Crippen LogP contribution in [0.15, 0.2) is 12.4 Å². The summed E-state index contributed by atoms with van der Waals surface area (Å²) in [5.74, 6) is 1.02. The lowest BCUT2D eigenvalue weighted by atomic mass is 10.0. The van der Waals surface area contributed by atoms with Gasteiger partial charge in [0.1, 0.15) is 11.6 Å². The predicted octanol–water partition coefficient (Wildman–Crippen LogP) is 1.50. The first kappa shape index (κ1) is 8.97. The van der Waals surface area contributed by atoms with Gasteiger partial charge in [0.25, 0.3) is 0 Å². The molecule has 0 bridgehead atoms. The second kappa shape index (κ2) is 3.52. The molecule has 3 nitrogen and oxygen atoms in total. The minimum absolute atomic E-state index is 0.0370. The van der Waals surface area contributed by atoms with Gasteiger partial charge in [-0.25, -0.2) is 4.98 Å². The van der Waals surface area contributed by atoms with Crippen molar-refractivity contribution in [1.82, 2.24) is 9.55 Å². The largest absolute Gasteiger partial charge is 0.337 e. The van der Waals surface area contributed by atoms with Crippen molar-refractivity contribution in [3.05, 3.63) is 18.2 Å². The molecule has 66 valence electrons. The third-order valence-corrected chi connectivity index (χ3v) is 2.07. The minimum Gasteiger partial charge on any atom is -0.337 e. The molecule has 1 aromatic rings. The van der Waals surface area contributed by atoms with Gasteiger partial charge in [-0.05, 0) is 13.3 Å². The summed E-state index contributed by atoms with van der Waals surface area (Å²) in [5.41, 5.74) is 0. The van der Waals surface area contributed by atoms with Crippen molar-refractivity contribution in [1.29, 1.82) is 0 Å². The van der Waals surface area contributed by atoms with Crippen LogP contribution in [0.2, 0.25) is 0 Å². The highest BCUT2D eigenvalue weighted by Gasteiger charge is 2.17. The van der Waals surface area contributed by atoms with Crippen LogP contribution < -0.4 is 0 Å². The summed E-state index contributed by atoms with van der Waals surface area (Å²) in [6.07, 6.45) is 4.40. The van der Waals surface area contributed by atoms with Crippen molar-refractivity contribution in [2.24, 2.45) is 7.05 Å². The van der Waals surface area contributed by atoms with E-state index in [-0.39, 0.29) is 11.7 Å². The van der Waals surface area contributed by atoms with Gasteiger partial charge in [-0.15, -0.1) is 0 Å². The maximum atomic E-state index is 11.2. The Labute approximate surface area is 72.4 Å². The zero-order chi connectivity index (χ0) is 9.14. The Hall–Kier alpha value is -1.12. The highest BCUT2D eigenvalue weighted by molar-refractivity contribution is 5.82. The van der Waals surface area contributed by atoms with Gasteiger partial charge in [0.15, 0.2) is 0 Å². The molecule has 0 aliphatic rings. The summed E-state index contributed by atoms with van der Waals surface area (Å²) in [6, 6.07) is 0. The molecule has 0 radical (unpaired) electrons. The normalized spacial score (nSPS) is 12.9. The third-order valence-electron chi connectivity index (χ3n) is 2.07. The highest BCUT2D eigenvalue weighted by atomic mass is 16.1. The third kappa shape index (κ3) is 1.55. The van der Waals surface area contributed by atoms with Gasteiger partial charge < -0.3 is 4.57 Å². The molecule has 0 aliphatic carbocycles. The van der Waals surface area contributed by atoms with E-state index < -0.39 is 0 Å². The fourth-order valence-corrected chi connectivity index (χ4v) is 1.36. The fraction of sp³-hybridized carbons (Fsp3) is 0.556. The predicted molar refractivity (Wildman–Crippen MR) is 46.9 cm³/mol. The number of imidazole rings is 1. The van der Waals surface area contributed by atoms with E-state index in [9.17, 15) is 4.79 Å². The van der Waals surface area contributed by atoms with Gasteiger partial charge in [-0.3, -0.25) is 4.79 Å². The molecule has 0 saturated heterocycles. The molecule has 1 rings (SSSR count). The van der Waals surface area contributed by atoms with Gasteiger partial charge >= 0.3 is 0 Å². The van der Waals surface area contributed by atoms with Crippen LogP contribution in [0.4, 0.5) is 0 Å². The Kier molecular flexibility index (Phi) is 2.63. The number of Topliss-reactive ketones (excluding diaryl/α,β-unsaturated/α-hetero) is 1. The van der Waals surface area contributed by atoms with Gasteiger partial charge in [0.2, 0.25) is 0 Å². The highest BCUT2D eigenvalue weighted by Crippen LogP contribution is 2.17. The van der Waals surface area contributed by atoms with Crippen molar-refractivity contribution in [2.45, 2.75) is 26.2 Å². The topological polar surface area (TPSA) is 34.9 Å². The average Bonchev–Trinajstić information content (AvgIpc) is 2.38. The Morgan fingerprint density at radius 2 is 2.42 bits per heavy atom. The molecule has 0 saturated carbocycles. The lowest BCUT2D eigenvalue weighted by Gasteiger charge is -2.10. The number of ketones is 1. The molecular formula is C9H14N2O. The Bertz CT molecular complexity index is 278. The second-order valence-electron chi connectivity index (χ2n) is 2.97. The minimum atomic E-state index is -0.0370. The summed E-state index contributed by atoms with van der Waals surface area (Å²) in [5, 5.41) is 0. The number of rotatable bonds is 3. The van der Waals surface area contributed by atoms with Crippen LogP contribution in [0.1, 0.15) is 32.0 Å². The number of nitrogens with zero attached hydrogens (tertiary/aromatic N) is 2. The molecule has 0 amide bonds. The number of carbonyl (C=O) groups excluding carboxylic acids is 1.